The fourth-order valence-corrected chi connectivity index (χ4v) is 2.96. The number of aryl methyl sites for hydroxylation is 4. The lowest BCUT2D eigenvalue weighted by Gasteiger charge is -2.20. The van der Waals surface area contributed by atoms with Crippen molar-refractivity contribution in [1.82, 2.24) is 4.98 Å². The number of nitrogens with one attached hydrogen (secondary N) is 1. The van der Waals surface area contributed by atoms with E-state index in [2.05, 4.69) is 10.3 Å². The number of aliphatic hydroxyl groups is 1. The van der Waals surface area contributed by atoms with Gasteiger partial charge in [-0.05, 0) is 51.3 Å². The fourth-order valence-electron chi connectivity index (χ4n) is 2.96. The molecule has 1 unspecified atom stereocenters. The number of pyridine rings is 1. The average molecular weight is 358 g/mol. The standard InChI is InChI=1S/C20H26N2O4/c1-6-15(10-23)22-16-9-14(5)21-19(17(16)20(24)25)26-18-12(3)7-11(2)8-13(18)4/h7-9,15,23H,6,10H2,1-5H3,(H,21,22)(H,24,25). The largest absolute Gasteiger partial charge is 0.477 e. The number of hydrogen-bond acceptors (Lipinski definition) is 5. The Morgan fingerprint density at radius 2 is 1.81 bits per heavy atom. The van der Waals surface area contributed by atoms with Gasteiger partial charge in [-0.2, -0.15) is 0 Å². The van der Waals surface area contributed by atoms with Crippen molar-refractivity contribution >= 4 is 11.7 Å². The highest BCUT2D eigenvalue weighted by Crippen LogP contribution is 2.34. The number of carboxylic acids is 1. The van der Waals surface area contributed by atoms with Crippen LogP contribution in [0, 0.1) is 27.7 Å². The number of aromatic nitrogens is 1. The van der Waals surface area contributed by atoms with E-state index in [1.807, 2.05) is 39.8 Å². The maximum Gasteiger partial charge on any atom is 0.343 e. The molecule has 6 nitrogen and oxygen atoms in total. The Hall–Kier alpha value is -2.60. The fraction of sp³-hybridized carbons (Fsp3) is 0.400. The second-order valence-corrected chi connectivity index (χ2v) is 6.56. The normalized spacial score (nSPS) is 11.9. The topological polar surface area (TPSA) is 91.7 Å². The minimum Gasteiger partial charge on any atom is -0.477 e. The van der Waals surface area contributed by atoms with E-state index >= 15 is 0 Å². The van der Waals surface area contributed by atoms with Crippen molar-refractivity contribution in [2.45, 2.75) is 47.1 Å². The number of nitrogens with zero attached hydrogens (tertiary/aromatic N) is 1. The lowest BCUT2D eigenvalue weighted by molar-refractivity contribution is 0.0694. The van der Waals surface area contributed by atoms with Gasteiger partial charge in [0.2, 0.25) is 5.88 Å². The Morgan fingerprint density at radius 3 is 2.31 bits per heavy atom. The molecule has 0 saturated carbocycles. The van der Waals surface area contributed by atoms with Gasteiger partial charge in [-0.15, -0.1) is 0 Å². The highest BCUT2D eigenvalue weighted by atomic mass is 16.5. The maximum absolute atomic E-state index is 11.9. The van der Waals surface area contributed by atoms with Gasteiger partial charge in [0.05, 0.1) is 12.3 Å². The molecule has 0 saturated heterocycles. The van der Waals surface area contributed by atoms with Crippen molar-refractivity contribution in [2.75, 3.05) is 11.9 Å². The molecule has 1 aromatic heterocycles. The first kappa shape index (κ1) is 19.7. The van der Waals surface area contributed by atoms with E-state index in [-0.39, 0.29) is 24.1 Å². The third-order valence-corrected chi connectivity index (χ3v) is 4.20. The van der Waals surface area contributed by atoms with Crippen LogP contribution in [0.1, 0.15) is 46.1 Å². The Morgan fingerprint density at radius 1 is 1.19 bits per heavy atom. The third kappa shape index (κ3) is 4.32. The van der Waals surface area contributed by atoms with Crippen LogP contribution in [0.25, 0.3) is 0 Å². The lowest BCUT2D eigenvalue weighted by Crippen LogP contribution is -2.24. The smallest absolute Gasteiger partial charge is 0.343 e. The number of anilines is 1. The van der Waals surface area contributed by atoms with Crippen molar-refractivity contribution in [1.29, 1.82) is 0 Å². The summed E-state index contributed by atoms with van der Waals surface area (Å²) in [6.07, 6.45) is 0.656. The van der Waals surface area contributed by atoms with Gasteiger partial charge >= 0.3 is 5.97 Å². The SMILES string of the molecule is CCC(CO)Nc1cc(C)nc(Oc2c(C)cc(C)cc2C)c1C(=O)O. The zero-order chi connectivity index (χ0) is 19.4. The summed E-state index contributed by atoms with van der Waals surface area (Å²) < 4.78 is 5.96. The first-order chi connectivity index (χ1) is 12.3. The van der Waals surface area contributed by atoms with Gasteiger partial charge in [0.15, 0.2) is 0 Å². The molecule has 140 valence electrons. The van der Waals surface area contributed by atoms with Gasteiger partial charge in [-0.3, -0.25) is 0 Å². The Labute approximate surface area is 153 Å². The van der Waals surface area contributed by atoms with E-state index in [0.29, 0.717) is 23.6 Å². The highest BCUT2D eigenvalue weighted by molar-refractivity contribution is 5.97. The van der Waals surface area contributed by atoms with E-state index in [1.54, 1.807) is 13.0 Å². The van der Waals surface area contributed by atoms with Crippen molar-refractivity contribution in [3.63, 3.8) is 0 Å². The molecule has 0 bridgehead atoms. The molecule has 6 heteroatoms. The zero-order valence-corrected chi connectivity index (χ0v) is 15.9. The minimum atomic E-state index is -1.13. The van der Waals surface area contributed by atoms with Crippen molar-refractivity contribution in [2.24, 2.45) is 0 Å². The number of rotatable bonds is 7. The Bertz CT molecular complexity index is 791. The van der Waals surface area contributed by atoms with Crippen LogP contribution in [0.2, 0.25) is 0 Å². The van der Waals surface area contributed by atoms with Crippen molar-refractivity contribution < 1.29 is 19.7 Å². The van der Waals surface area contributed by atoms with Crippen LogP contribution in [0.4, 0.5) is 5.69 Å². The molecule has 1 aromatic carbocycles. The van der Waals surface area contributed by atoms with Gasteiger partial charge in [0.25, 0.3) is 0 Å². The zero-order valence-electron chi connectivity index (χ0n) is 15.9. The van der Waals surface area contributed by atoms with Crippen LogP contribution < -0.4 is 10.1 Å². The number of hydrogen-bond donors (Lipinski definition) is 3. The molecule has 0 spiro atoms. The number of aromatic carboxylic acids is 1. The summed E-state index contributed by atoms with van der Waals surface area (Å²) in [5, 5.41) is 22.2. The van der Waals surface area contributed by atoms with Crippen molar-refractivity contribution in [3.05, 3.63) is 46.1 Å². The molecule has 0 fully saturated rings. The number of aliphatic hydroxyl groups excluding tert-OH is 1. The Kier molecular flexibility index (Phi) is 6.21. The van der Waals surface area contributed by atoms with E-state index in [4.69, 9.17) is 4.74 Å². The molecule has 0 aliphatic carbocycles. The molecule has 1 atom stereocenters. The summed E-state index contributed by atoms with van der Waals surface area (Å²) in [6, 6.07) is 5.38. The molecular formula is C20H26N2O4. The number of carbonyl (C=O) groups is 1. The van der Waals surface area contributed by atoms with E-state index < -0.39 is 5.97 Å². The first-order valence-corrected chi connectivity index (χ1v) is 8.64. The predicted octanol–water partition coefficient (Wildman–Crippen LogP) is 3.99. The quantitative estimate of drug-likeness (QED) is 0.693. The molecule has 0 radical (unpaired) electrons. The summed E-state index contributed by atoms with van der Waals surface area (Å²) >= 11 is 0. The second kappa shape index (κ2) is 8.19. The van der Waals surface area contributed by atoms with E-state index in [9.17, 15) is 15.0 Å². The summed E-state index contributed by atoms with van der Waals surface area (Å²) in [5.41, 5.74) is 3.92. The molecule has 0 aliphatic rings. The summed E-state index contributed by atoms with van der Waals surface area (Å²) in [5.74, 6) is -0.482. The third-order valence-electron chi connectivity index (χ3n) is 4.20. The van der Waals surface area contributed by atoms with E-state index in [0.717, 1.165) is 16.7 Å². The van der Waals surface area contributed by atoms with Crippen LogP contribution >= 0.6 is 0 Å². The van der Waals surface area contributed by atoms with Gasteiger partial charge in [0, 0.05) is 11.7 Å². The minimum absolute atomic E-state index is 0.0399. The van der Waals surface area contributed by atoms with E-state index in [1.165, 1.54) is 0 Å². The molecule has 0 amide bonds. The molecule has 26 heavy (non-hydrogen) atoms. The predicted molar refractivity (Wildman–Crippen MR) is 101 cm³/mol. The average Bonchev–Trinajstić information content (AvgIpc) is 2.55. The Balaban J connectivity index is 2.55. The van der Waals surface area contributed by atoms with Crippen molar-refractivity contribution in [3.8, 4) is 11.6 Å². The molecule has 2 rings (SSSR count). The maximum atomic E-state index is 11.9. The lowest BCUT2D eigenvalue weighted by atomic mass is 10.1. The number of benzene rings is 1. The van der Waals surface area contributed by atoms with Gasteiger partial charge < -0.3 is 20.3 Å². The number of carboxylic acid groups (broad SMARTS) is 1. The summed E-state index contributed by atoms with van der Waals surface area (Å²) in [7, 11) is 0. The number of ether oxygens (including phenoxy) is 1. The van der Waals surface area contributed by atoms with Crippen LogP contribution in [0.3, 0.4) is 0 Å². The van der Waals surface area contributed by atoms with Crippen LogP contribution in [0.15, 0.2) is 18.2 Å². The van der Waals surface area contributed by atoms with Crippen LogP contribution in [-0.2, 0) is 0 Å². The summed E-state index contributed by atoms with van der Waals surface area (Å²) in [4.78, 5) is 16.2. The second-order valence-electron chi connectivity index (χ2n) is 6.56. The molecule has 1 heterocycles. The first-order valence-electron chi connectivity index (χ1n) is 8.64. The van der Waals surface area contributed by atoms with Gasteiger partial charge in [-0.25, -0.2) is 9.78 Å². The van der Waals surface area contributed by atoms with Gasteiger partial charge in [0.1, 0.15) is 11.3 Å². The van der Waals surface area contributed by atoms with Crippen LogP contribution in [0.5, 0.6) is 11.6 Å². The monoisotopic (exact) mass is 358 g/mol. The summed E-state index contributed by atoms with van der Waals surface area (Å²) in [6.45, 7) is 9.44. The van der Waals surface area contributed by atoms with Gasteiger partial charge in [-0.1, -0.05) is 24.6 Å². The highest BCUT2D eigenvalue weighted by Gasteiger charge is 2.22. The molecule has 0 aliphatic heterocycles. The molecular weight excluding hydrogens is 332 g/mol. The van der Waals surface area contributed by atoms with Crippen LogP contribution in [-0.4, -0.2) is 33.8 Å². The molecule has 2 aromatic rings. The molecule has 3 N–H and O–H groups in total.